The summed E-state index contributed by atoms with van der Waals surface area (Å²) in [5.41, 5.74) is 3.04. The highest BCUT2D eigenvalue weighted by molar-refractivity contribution is 7.13. The predicted molar refractivity (Wildman–Crippen MR) is 290 cm³/mol. The fraction of sp³-hybridized carbons (Fsp3) is 0.483. The third-order valence-corrected chi connectivity index (χ3v) is 13.6. The van der Waals surface area contributed by atoms with Crippen molar-refractivity contribution < 1.29 is 58.8 Å². The lowest BCUT2D eigenvalue weighted by atomic mass is 10.1. The highest BCUT2D eigenvalue weighted by Gasteiger charge is 2.24. The fourth-order valence-electron chi connectivity index (χ4n) is 8.21. The Labute approximate surface area is 445 Å². The molecule has 1 heterocycles. The molecule has 0 radical (unpaired) electrons. The molecule has 3 aromatic carbocycles. The maximum absolute atomic E-state index is 12.5. The van der Waals surface area contributed by atoms with Crippen LogP contribution in [0, 0.1) is 0 Å². The minimum Gasteiger partial charge on any atom is -0.478 e. The molecule has 0 aliphatic carbocycles. The van der Waals surface area contributed by atoms with Crippen molar-refractivity contribution in [3.63, 3.8) is 0 Å². The molecule has 17 heteroatoms. The van der Waals surface area contributed by atoms with E-state index in [0.717, 1.165) is 41.9 Å². The van der Waals surface area contributed by atoms with Crippen molar-refractivity contribution in [3.05, 3.63) is 128 Å². The van der Waals surface area contributed by atoms with E-state index in [4.69, 9.17) is 10.2 Å². The van der Waals surface area contributed by atoms with Gasteiger partial charge in [0.15, 0.2) is 0 Å². The SMILES string of the molecule is CCCCCCCCCCCCNC(=O)c1ccc(CN(Cc2ccc(C(=O)O)cc2)C(=O)C(=O)O)cc1.CCCCCCCCCCCCNC(=O)c1ccc(CN(Cc2ccc(C(=O)O)s2)C(=O)C(=O)O)cc1. The first-order valence-electron chi connectivity index (χ1n) is 26.6. The van der Waals surface area contributed by atoms with Crippen LogP contribution in [-0.4, -0.2) is 90.8 Å². The van der Waals surface area contributed by atoms with E-state index >= 15 is 0 Å². The van der Waals surface area contributed by atoms with Gasteiger partial charge in [0.05, 0.1) is 12.1 Å². The number of unbranched alkanes of at least 4 members (excludes halogenated alkanes) is 18. The van der Waals surface area contributed by atoms with Crippen LogP contribution in [0.4, 0.5) is 0 Å². The monoisotopic (exact) mass is 1050 g/mol. The van der Waals surface area contributed by atoms with E-state index in [0.29, 0.717) is 45.8 Å². The van der Waals surface area contributed by atoms with Gasteiger partial charge in [-0.3, -0.25) is 19.2 Å². The summed E-state index contributed by atoms with van der Waals surface area (Å²) in [6.45, 7) is 5.74. The van der Waals surface area contributed by atoms with Crippen molar-refractivity contribution >= 4 is 58.8 Å². The Kier molecular flexibility index (Phi) is 30.1. The number of thiophene rings is 1. The Balaban J connectivity index is 0.000000395. The fourth-order valence-corrected chi connectivity index (χ4v) is 9.07. The van der Waals surface area contributed by atoms with Gasteiger partial charge in [0, 0.05) is 48.7 Å². The number of nitrogens with one attached hydrogen (secondary N) is 2. The first-order chi connectivity index (χ1) is 36.1. The van der Waals surface area contributed by atoms with Gasteiger partial charge < -0.3 is 40.9 Å². The molecule has 0 aliphatic heterocycles. The van der Waals surface area contributed by atoms with Crippen LogP contribution >= 0.6 is 11.3 Å². The van der Waals surface area contributed by atoms with Crippen molar-refractivity contribution in [1.29, 1.82) is 0 Å². The standard InChI is InChI=1S/C30H40N2O6.C28H38N2O6S/c1-2-3-4-5-6-7-8-9-10-11-20-31-27(33)25-16-12-23(13-17-25)21-32(28(34)30(37)38)22-24-14-18-26(19-15-24)29(35)36;1-2-3-4-5-6-7-8-9-10-11-18-29-25(31)22-14-12-21(13-15-22)19-30(26(32)28(35)36)20-23-16-17-24(37-23)27(33)34/h12-19H,2-11,20-22H2,1H3,(H,31,33)(H,35,36)(H,37,38);12-17H,2-11,18-20H2,1H3,(H,29,31)(H,33,34)(H,35,36). The number of hydrogen-bond acceptors (Lipinski definition) is 9. The first kappa shape index (κ1) is 62.4. The minimum atomic E-state index is -1.59. The molecule has 0 spiro atoms. The van der Waals surface area contributed by atoms with Gasteiger partial charge in [-0.25, -0.2) is 19.2 Å². The molecule has 4 amide bonds. The number of aliphatic carboxylic acids is 2. The number of benzene rings is 3. The van der Waals surface area contributed by atoms with Gasteiger partial charge in [0.1, 0.15) is 4.88 Å². The summed E-state index contributed by atoms with van der Waals surface area (Å²) in [5.74, 6) is -7.77. The first-order valence-corrected chi connectivity index (χ1v) is 27.4. The molecule has 6 N–H and O–H groups in total. The second-order valence-corrected chi connectivity index (χ2v) is 19.9. The van der Waals surface area contributed by atoms with E-state index in [1.54, 1.807) is 66.7 Å². The second kappa shape index (κ2) is 36.1. The summed E-state index contributed by atoms with van der Waals surface area (Å²) >= 11 is 0.994. The molecule has 0 aliphatic rings. The summed E-state index contributed by atoms with van der Waals surface area (Å²) in [4.78, 5) is 97.1. The van der Waals surface area contributed by atoms with Crippen LogP contribution < -0.4 is 10.6 Å². The lowest BCUT2D eigenvalue weighted by Gasteiger charge is -2.21. The highest BCUT2D eigenvalue weighted by Crippen LogP contribution is 2.21. The Morgan fingerprint density at radius 3 is 1.01 bits per heavy atom. The number of amides is 4. The van der Waals surface area contributed by atoms with Crippen molar-refractivity contribution in [2.24, 2.45) is 0 Å². The van der Waals surface area contributed by atoms with Gasteiger partial charge >= 0.3 is 35.7 Å². The number of aromatic carboxylic acids is 2. The molecule has 0 unspecified atom stereocenters. The van der Waals surface area contributed by atoms with Crippen LogP contribution in [0.2, 0.25) is 0 Å². The van der Waals surface area contributed by atoms with E-state index in [1.165, 1.54) is 126 Å². The number of rotatable bonds is 34. The van der Waals surface area contributed by atoms with Crippen LogP contribution in [0.25, 0.3) is 0 Å². The van der Waals surface area contributed by atoms with Crippen LogP contribution in [0.5, 0.6) is 0 Å². The van der Waals surface area contributed by atoms with E-state index in [9.17, 15) is 48.6 Å². The number of carbonyl (C=O) groups excluding carboxylic acids is 4. The molecule has 0 bridgehead atoms. The molecule has 1 aromatic heterocycles. The van der Waals surface area contributed by atoms with Crippen LogP contribution in [0.15, 0.2) is 84.9 Å². The second-order valence-electron chi connectivity index (χ2n) is 18.8. The Hall–Kier alpha value is -6.88. The molecule has 4 aromatic rings. The number of carbonyl (C=O) groups is 8. The zero-order valence-corrected chi connectivity index (χ0v) is 44.6. The maximum atomic E-state index is 12.5. The number of nitrogens with zero attached hydrogens (tertiary/aromatic N) is 2. The molecule has 0 atom stereocenters. The zero-order valence-electron chi connectivity index (χ0n) is 43.8. The molecule has 16 nitrogen and oxygen atoms in total. The Bertz CT molecular complexity index is 2390. The zero-order chi connectivity index (χ0) is 54.8. The van der Waals surface area contributed by atoms with E-state index < -0.39 is 35.7 Å². The quantitative estimate of drug-likeness (QED) is 0.0189. The molecule has 75 heavy (non-hydrogen) atoms. The molecule has 0 saturated heterocycles. The van der Waals surface area contributed by atoms with Gasteiger partial charge in [-0.15, -0.1) is 11.3 Å². The molecular weight excluding hydrogens is 977 g/mol. The number of hydrogen-bond donors (Lipinski definition) is 6. The smallest absolute Gasteiger partial charge is 0.394 e. The van der Waals surface area contributed by atoms with Gasteiger partial charge in [-0.2, -0.15) is 0 Å². The van der Waals surface area contributed by atoms with Crippen LogP contribution in [0.1, 0.15) is 205 Å². The lowest BCUT2D eigenvalue weighted by molar-refractivity contribution is -0.156. The topological polar surface area (TPSA) is 248 Å². The van der Waals surface area contributed by atoms with Gasteiger partial charge in [0.2, 0.25) is 0 Å². The summed E-state index contributed by atoms with van der Waals surface area (Å²) in [7, 11) is 0. The average molecular weight is 1060 g/mol. The molecule has 4 rings (SSSR count). The summed E-state index contributed by atoms with van der Waals surface area (Å²) in [6, 6.07) is 22.3. The summed E-state index contributed by atoms with van der Waals surface area (Å²) in [5, 5.41) is 42.4. The Morgan fingerprint density at radius 1 is 0.387 bits per heavy atom. The van der Waals surface area contributed by atoms with Crippen LogP contribution in [0.3, 0.4) is 0 Å². The van der Waals surface area contributed by atoms with E-state index in [1.807, 2.05) is 0 Å². The normalized spacial score (nSPS) is 10.7. The minimum absolute atomic E-state index is 0.00608. The number of carboxylic acids is 4. The average Bonchev–Trinajstić information content (AvgIpc) is 3.88. The largest absolute Gasteiger partial charge is 0.478 e. The van der Waals surface area contributed by atoms with Gasteiger partial charge in [0.25, 0.3) is 11.8 Å². The number of carboxylic acid groups (broad SMARTS) is 4. The lowest BCUT2D eigenvalue weighted by Crippen LogP contribution is -2.35. The molecular formula is C58H78N4O12S. The molecule has 0 fully saturated rings. The maximum Gasteiger partial charge on any atom is 0.394 e. The predicted octanol–water partition coefficient (Wildman–Crippen LogP) is 11.4. The third-order valence-electron chi connectivity index (χ3n) is 12.5. The highest BCUT2D eigenvalue weighted by atomic mass is 32.1. The Morgan fingerprint density at radius 2 is 0.707 bits per heavy atom. The van der Waals surface area contributed by atoms with Crippen molar-refractivity contribution in [3.8, 4) is 0 Å². The van der Waals surface area contributed by atoms with Crippen molar-refractivity contribution in [2.75, 3.05) is 13.1 Å². The third kappa shape index (κ3) is 25.3. The summed E-state index contributed by atoms with van der Waals surface area (Å²) < 4.78 is 0. The molecule has 408 valence electrons. The van der Waals surface area contributed by atoms with Crippen molar-refractivity contribution in [1.82, 2.24) is 20.4 Å². The van der Waals surface area contributed by atoms with Gasteiger partial charge in [-0.1, -0.05) is 166 Å². The summed E-state index contributed by atoms with van der Waals surface area (Å²) in [6.07, 6.45) is 24.7. The van der Waals surface area contributed by atoms with E-state index in [-0.39, 0.29) is 48.4 Å². The van der Waals surface area contributed by atoms with Crippen molar-refractivity contribution in [2.45, 2.75) is 168 Å². The van der Waals surface area contributed by atoms with Gasteiger partial charge in [-0.05, 0) is 78.1 Å². The van der Waals surface area contributed by atoms with E-state index in [2.05, 4.69) is 24.5 Å². The van der Waals surface area contributed by atoms with Crippen LogP contribution in [-0.2, 0) is 45.4 Å². The molecule has 0 saturated carbocycles.